The number of hydrogen-bond acceptors (Lipinski definition) is 4. The summed E-state index contributed by atoms with van der Waals surface area (Å²) in [5.41, 5.74) is 1.46. The van der Waals surface area contributed by atoms with Crippen molar-refractivity contribution in [3.63, 3.8) is 0 Å². The molecule has 0 saturated carbocycles. The smallest absolute Gasteiger partial charge is 0.293 e. The van der Waals surface area contributed by atoms with Crippen LogP contribution in [0.2, 0.25) is 10.0 Å². The summed E-state index contributed by atoms with van der Waals surface area (Å²) in [7, 11) is 0. The molecule has 2 amide bonds. The van der Waals surface area contributed by atoms with Crippen molar-refractivity contribution in [3.8, 4) is 5.75 Å². The molecule has 0 aliphatic carbocycles. The Morgan fingerprint density at radius 3 is 2.58 bits per heavy atom. The number of aryl methyl sites for hydroxylation is 1. The molecule has 1 saturated heterocycles. The number of phenols is 1. The van der Waals surface area contributed by atoms with Gasteiger partial charge in [-0.25, -0.2) is 0 Å². The average molecular weight is 408 g/mol. The van der Waals surface area contributed by atoms with Gasteiger partial charge in [0, 0.05) is 17.1 Å². The van der Waals surface area contributed by atoms with E-state index < -0.39 is 0 Å². The molecule has 0 radical (unpaired) electrons. The van der Waals surface area contributed by atoms with Crippen LogP contribution < -0.4 is 0 Å². The fourth-order valence-corrected chi connectivity index (χ4v) is 3.98. The van der Waals surface area contributed by atoms with Crippen LogP contribution in [0.15, 0.2) is 47.4 Å². The Balaban J connectivity index is 1.70. The summed E-state index contributed by atoms with van der Waals surface area (Å²) < 4.78 is 0. The highest BCUT2D eigenvalue weighted by molar-refractivity contribution is 8.18. The van der Waals surface area contributed by atoms with Crippen molar-refractivity contribution in [2.24, 2.45) is 0 Å². The van der Waals surface area contributed by atoms with Gasteiger partial charge in [0.1, 0.15) is 5.75 Å². The number of nitrogens with zero attached hydrogens (tertiary/aromatic N) is 1. The van der Waals surface area contributed by atoms with E-state index >= 15 is 0 Å². The predicted octanol–water partition coefficient (Wildman–Crippen LogP) is 5.37. The zero-order valence-corrected chi connectivity index (χ0v) is 15.9. The summed E-state index contributed by atoms with van der Waals surface area (Å²) in [6.07, 6.45) is 2.91. The lowest BCUT2D eigenvalue weighted by Gasteiger charge is -2.12. The number of carbonyl (C=O) groups excluding carboxylic acids is 2. The summed E-state index contributed by atoms with van der Waals surface area (Å²) in [6, 6.07) is 12.8. The fraction of sp³-hybridized carbons (Fsp3) is 0.158. The summed E-state index contributed by atoms with van der Waals surface area (Å²) >= 11 is 12.7. The van der Waals surface area contributed by atoms with Crippen LogP contribution in [-0.2, 0) is 11.2 Å². The highest BCUT2D eigenvalue weighted by Gasteiger charge is 2.34. The number of halogens is 2. The lowest BCUT2D eigenvalue weighted by atomic mass is 10.1. The van der Waals surface area contributed by atoms with Gasteiger partial charge in [0.05, 0.1) is 9.93 Å². The molecule has 0 bridgehead atoms. The van der Waals surface area contributed by atoms with Crippen LogP contribution in [-0.4, -0.2) is 27.7 Å². The first kappa shape index (κ1) is 18.8. The number of hydrogen-bond donors (Lipinski definition) is 1. The number of benzene rings is 2. The first-order valence-electron chi connectivity index (χ1n) is 7.93. The Labute approximate surface area is 165 Å². The molecular formula is C19H15Cl2NO3S. The van der Waals surface area contributed by atoms with Gasteiger partial charge in [0.15, 0.2) is 0 Å². The Morgan fingerprint density at radius 2 is 1.85 bits per heavy atom. The van der Waals surface area contributed by atoms with Crippen molar-refractivity contribution < 1.29 is 14.7 Å². The predicted molar refractivity (Wildman–Crippen MR) is 106 cm³/mol. The van der Waals surface area contributed by atoms with Crippen LogP contribution in [0, 0.1) is 0 Å². The maximum absolute atomic E-state index is 12.5. The van der Waals surface area contributed by atoms with E-state index in [0.29, 0.717) is 23.6 Å². The highest BCUT2D eigenvalue weighted by Crippen LogP contribution is 2.37. The second kappa shape index (κ2) is 8.16. The minimum atomic E-state index is -0.372. The number of thioether (sulfide) groups is 1. The van der Waals surface area contributed by atoms with E-state index in [1.165, 1.54) is 23.1 Å². The number of phenolic OH excluding ortho intramolecular Hbond substituents is 1. The quantitative estimate of drug-likeness (QED) is 0.676. The number of imide groups is 1. The zero-order chi connectivity index (χ0) is 18.7. The number of amides is 2. The molecule has 0 aromatic heterocycles. The molecule has 2 aromatic carbocycles. The van der Waals surface area contributed by atoms with Crippen molar-refractivity contribution in [3.05, 3.63) is 68.5 Å². The lowest BCUT2D eigenvalue weighted by Crippen LogP contribution is -2.29. The van der Waals surface area contributed by atoms with Gasteiger partial charge in [-0.2, -0.15) is 0 Å². The molecule has 7 heteroatoms. The van der Waals surface area contributed by atoms with Crippen molar-refractivity contribution >= 4 is 52.2 Å². The third-order valence-electron chi connectivity index (χ3n) is 3.91. The topological polar surface area (TPSA) is 57.6 Å². The SMILES string of the molecule is O=C1S/C(=C/c2cc(Cl)cc(Cl)c2O)C(=O)N1CCCc1ccccc1. The molecule has 2 aromatic rings. The minimum Gasteiger partial charge on any atom is -0.506 e. The molecular weight excluding hydrogens is 393 g/mol. The molecule has 1 N–H and O–H groups in total. The normalized spacial score (nSPS) is 15.9. The van der Waals surface area contributed by atoms with E-state index in [1.54, 1.807) is 0 Å². The second-order valence-electron chi connectivity index (χ2n) is 5.75. The van der Waals surface area contributed by atoms with Gasteiger partial charge >= 0.3 is 0 Å². The number of carbonyl (C=O) groups is 2. The first-order valence-corrected chi connectivity index (χ1v) is 9.50. The van der Waals surface area contributed by atoms with E-state index in [9.17, 15) is 14.7 Å². The van der Waals surface area contributed by atoms with E-state index in [0.717, 1.165) is 23.7 Å². The minimum absolute atomic E-state index is 0.0887. The van der Waals surface area contributed by atoms with E-state index in [1.807, 2.05) is 30.3 Å². The summed E-state index contributed by atoms with van der Waals surface area (Å²) in [5.74, 6) is -0.546. The highest BCUT2D eigenvalue weighted by atomic mass is 35.5. The molecule has 1 aliphatic rings. The Bertz CT molecular complexity index is 884. The Morgan fingerprint density at radius 1 is 1.12 bits per heavy atom. The van der Waals surface area contributed by atoms with Gasteiger partial charge in [0.25, 0.3) is 11.1 Å². The van der Waals surface area contributed by atoms with Gasteiger partial charge in [-0.1, -0.05) is 53.5 Å². The number of aromatic hydroxyl groups is 1. The first-order chi connectivity index (χ1) is 12.5. The van der Waals surface area contributed by atoms with Gasteiger partial charge in [-0.05, 0) is 48.4 Å². The summed E-state index contributed by atoms with van der Waals surface area (Å²) in [4.78, 5) is 26.1. The molecule has 1 heterocycles. The maximum atomic E-state index is 12.5. The molecule has 0 unspecified atom stereocenters. The van der Waals surface area contributed by atoms with E-state index in [2.05, 4.69) is 0 Å². The fourth-order valence-electron chi connectivity index (χ4n) is 2.62. The molecule has 134 valence electrons. The van der Waals surface area contributed by atoms with Gasteiger partial charge in [0.2, 0.25) is 0 Å². The van der Waals surface area contributed by atoms with Crippen LogP contribution in [0.5, 0.6) is 5.75 Å². The van der Waals surface area contributed by atoms with Crippen LogP contribution in [0.1, 0.15) is 17.5 Å². The largest absolute Gasteiger partial charge is 0.506 e. The maximum Gasteiger partial charge on any atom is 0.293 e. The molecule has 3 rings (SSSR count). The molecule has 1 aliphatic heterocycles. The van der Waals surface area contributed by atoms with E-state index in [4.69, 9.17) is 23.2 Å². The lowest BCUT2D eigenvalue weighted by molar-refractivity contribution is -0.122. The van der Waals surface area contributed by atoms with Gasteiger partial charge in [-0.15, -0.1) is 0 Å². The zero-order valence-electron chi connectivity index (χ0n) is 13.6. The molecule has 4 nitrogen and oxygen atoms in total. The Kier molecular flexibility index (Phi) is 5.91. The van der Waals surface area contributed by atoms with Crippen LogP contribution in [0.4, 0.5) is 4.79 Å². The Hall–Kier alpha value is -1.95. The molecule has 0 spiro atoms. The van der Waals surface area contributed by atoms with Crippen molar-refractivity contribution in [2.45, 2.75) is 12.8 Å². The average Bonchev–Trinajstić information content (AvgIpc) is 2.87. The second-order valence-corrected chi connectivity index (χ2v) is 7.58. The standard InChI is InChI=1S/C19H15Cl2NO3S/c20-14-9-13(17(23)15(21)11-14)10-16-18(24)22(19(25)26-16)8-4-7-12-5-2-1-3-6-12/h1-3,5-6,9-11,23H,4,7-8H2/b16-10+. The monoisotopic (exact) mass is 407 g/mol. The molecule has 26 heavy (non-hydrogen) atoms. The van der Waals surface area contributed by atoms with Gasteiger partial charge in [-0.3, -0.25) is 14.5 Å². The molecule has 0 atom stereocenters. The van der Waals surface area contributed by atoms with Crippen LogP contribution in [0.25, 0.3) is 6.08 Å². The van der Waals surface area contributed by atoms with E-state index in [-0.39, 0.29) is 26.8 Å². The van der Waals surface area contributed by atoms with Crippen molar-refractivity contribution in [1.29, 1.82) is 0 Å². The molecule has 1 fully saturated rings. The van der Waals surface area contributed by atoms with Crippen molar-refractivity contribution in [2.75, 3.05) is 6.54 Å². The summed E-state index contributed by atoms with van der Waals surface area (Å²) in [5, 5.41) is 10.1. The third kappa shape index (κ3) is 4.23. The number of rotatable bonds is 5. The van der Waals surface area contributed by atoms with Gasteiger partial charge < -0.3 is 5.11 Å². The van der Waals surface area contributed by atoms with Crippen molar-refractivity contribution in [1.82, 2.24) is 4.90 Å². The summed E-state index contributed by atoms with van der Waals surface area (Å²) in [6.45, 7) is 0.346. The van der Waals surface area contributed by atoms with Crippen LogP contribution in [0.3, 0.4) is 0 Å². The van der Waals surface area contributed by atoms with Crippen LogP contribution >= 0.6 is 35.0 Å². The third-order valence-corrected chi connectivity index (χ3v) is 5.32.